The standard InChI is InChI=1S/C10H12ClNO/c1-7(2)10(13)5-9-4-3-8(11)6-12-9/h3-4,6-7H,5H2,1-2H3. The van der Waals surface area contributed by atoms with Crippen LogP contribution < -0.4 is 0 Å². The molecule has 0 unspecified atom stereocenters. The minimum atomic E-state index is 0.0671. The highest BCUT2D eigenvalue weighted by Gasteiger charge is 2.08. The summed E-state index contributed by atoms with van der Waals surface area (Å²) < 4.78 is 0. The van der Waals surface area contributed by atoms with Crippen molar-refractivity contribution in [2.24, 2.45) is 5.92 Å². The number of carbonyl (C=O) groups is 1. The van der Waals surface area contributed by atoms with E-state index in [0.29, 0.717) is 11.4 Å². The summed E-state index contributed by atoms with van der Waals surface area (Å²) in [5, 5.41) is 0.598. The molecule has 0 saturated carbocycles. The van der Waals surface area contributed by atoms with Gasteiger partial charge in [-0.1, -0.05) is 25.4 Å². The Kier molecular flexibility index (Phi) is 3.43. The number of halogens is 1. The second-order valence-electron chi connectivity index (χ2n) is 3.27. The molecule has 1 aromatic heterocycles. The summed E-state index contributed by atoms with van der Waals surface area (Å²) in [5.41, 5.74) is 0.781. The third-order valence-corrected chi connectivity index (χ3v) is 2.01. The van der Waals surface area contributed by atoms with Crippen LogP contribution in [0.5, 0.6) is 0 Å². The maximum absolute atomic E-state index is 11.3. The highest BCUT2D eigenvalue weighted by Crippen LogP contribution is 2.08. The van der Waals surface area contributed by atoms with E-state index in [1.165, 1.54) is 0 Å². The smallest absolute Gasteiger partial charge is 0.141 e. The van der Waals surface area contributed by atoms with Crippen molar-refractivity contribution in [1.29, 1.82) is 0 Å². The monoisotopic (exact) mass is 197 g/mol. The molecule has 0 aliphatic heterocycles. The molecule has 1 heterocycles. The molecular weight excluding hydrogens is 186 g/mol. The van der Waals surface area contributed by atoms with Gasteiger partial charge in [0.2, 0.25) is 0 Å². The number of ketones is 1. The fourth-order valence-electron chi connectivity index (χ4n) is 0.894. The van der Waals surface area contributed by atoms with Crippen LogP contribution in [0.4, 0.5) is 0 Å². The molecule has 0 fully saturated rings. The van der Waals surface area contributed by atoms with Crippen molar-refractivity contribution in [3.05, 3.63) is 29.0 Å². The molecule has 0 amide bonds. The molecule has 2 nitrogen and oxygen atoms in total. The summed E-state index contributed by atoms with van der Waals surface area (Å²) in [6.07, 6.45) is 1.96. The van der Waals surface area contributed by atoms with E-state index in [1.807, 2.05) is 13.8 Å². The third-order valence-electron chi connectivity index (χ3n) is 1.79. The number of pyridine rings is 1. The Morgan fingerprint density at radius 3 is 2.69 bits per heavy atom. The Morgan fingerprint density at radius 1 is 1.54 bits per heavy atom. The molecule has 0 spiro atoms. The van der Waals surface area contributed by atoms with Crippen LogP contribution in [0.1, 0.15) is 19.5 Å². The van der Waals surface area contributed by atoms with Gasteiger partial charge in [0.25, 0.3) is 0 Å². The van der Waals surface area contributed by atoms with Crippen molar-refractivity contribution in [1.82, 2.24) is 4.98 Å². The highest BCUT2D eigenvalue weighted by atomic mass is 35.5. The first-order valence-electron chi connectivity index (χ1n) is 4.22. The molecule has 3 heteroatoms. The van der Waals surface area contributed by atoms with Gasteiger partial charge in [-0.05, 0) is 12.1 Å². The van der Waals surface area contributed by atoms with Crippen LogP contribution in [0.3, 0.4) is 0 Å². The molecule has 1 aromatic rings. The Labute approximate surface area is 82.9 Å². The lowest BCUT2D eigenvalue weighted by molar-refractivity contribution is -0.121. The van der Waals surface area contributed by atoms with E-state index < -0.39 is 0 Å². The van der Waals surface area contributed by atoms with E-state index in [1.54, 1.807) is 18.3 Å². The lowest BCUT2D eigenvalue weighted by atomic mass is 10.0. The molecule has 13 heavy (non-hydrogen) atoms. The van der Waals surface area contributed by atoms with Gasteiger partial charge in [0, 0.05) is 24.2 Å². The van der Waals surface area contributed by atoms with Crippen molar-refractivity contribution in [3.63, 3.8) is 0 Å². The first kappa shape index (κ1) is 10.2. The maximum Gasteiger partial charge on any atom is 0.141 e. The van der Waals surface area contributed by atoms with E-state index >= 15 is 0 Å². The summed E-state index contributed by atoms with van der Waals surface area (Å²) in [7, 11) is 0. The Hall–Kier alpha value is -0.890. The van der Waals surface area contributed by atoms with Gasteiger partial charge in [0.15, 0.2) is 0 Å². The van der Waals surface area contributed by atoms with Crippen molar-refractivity contribution in [2.45, 2.75) is 20.3 Å². The molecule has 0 bridgehead atoms. The Morgan fingerprint density at radius 2 is 2.23 bits per heavy atom. The lowest BCUT2D eigenvalue weighted by Gasteiger charge is -2.02. The van der Waals surface area contributed by atoms with Gasteiger partial charge >= 0.3 is 0 Å². The number of Topliss-reactive ketones (excluding diaryl/α,β-unsaturated/α-hetero) is 1. The first-order chi connectivity index (χ1) is 6.09. The first-order valence-corrected chi connectivity index (χ1v) is 4.60. The average molecular weight is 198 g/mol. The van der Waals surface area contributed by atoms with Crippen LogP contribution in [0.25, 0.3) is 0 Å². The molecule has 70 valence electrons. The van der Waals surface area contributed by atoms with E-state index in [9.17, 15) is 4.79 Å². The van der Waals surface area contributed by atoms with E-state index in [-0.39, 0.29) is 11.7 Å². The van der Waals surface area contributed by atoms with Gasteiger partial charge in [0.05, 0.1) is 5.02 Å². The third kappa shape index (κ3) is 3.15. The molecular formula is C10H12ClNO. The van der Waals surface area contributed by atoms with Gasteiger partial charge in [-0.25, -0.2) is 0 Å². The van der Waals surface area contributed by atoms with E-state index in [0.717, 1.165) is 5.69 Å². The number of carbonyl (C=O) groups excluding carboxylic acids is 1. The maximum atomic E-state index is 11.3. The summed E-state index contributed by atoms with van der Waals surface area (Å²) in [4.78, 5) is 15.4. The summed E-state index contributed by atoms with van der Waals surface area (Å²) in [5.74, 6) is 0.271. The number of hydrogen-bond acceptors (Lipinski definition) is 2. The normalized spacial score (nSPS) is 10.5. The zero-order chi connectivity index (χ0) is 9.84. The lowest BCUT2D eigenvalue weighted by Crippen LogP contribution is -2.10. The van der Waals surface area contributed by atoms with Gasteiger partial charge in [-0.2, -0.15) is 0 Å². The predicted molar refractivity (Wildman–Crippen MR) is 52.8 cm³/mol. The average Bonchev–Trinajstić information content (AvgIpc) is 2.08. The van der Waals surface area contributed by atoms with Crippen molar-refractivity contribution in [3.8, 4) is 0 Å². The highest BCUT2D eigenvalue weighted by molar-refractivity contribution is 6.30. The second kappa shape index (κ2) is 4.38. The predicted octanol–water partition coefficient (Wildman–Crippen LogP) is 2.50. The zero-order valence-electron chi connectivity index (χ0n) is 7.75. The topological polar surface area (TPSA) is 30.0 Å². The van der Waals surface area contributed by atoms with Gasteiger partial charge in [0.1, 0.15) is 5.78 Å². The summed E-state index contributed by atoms with van der Waals surface area (Å²) in [6, 6.07) is 3.53. The SMILES string of the molecule is CC(C)C(=O)Cc1ccc(Cl)cn1. The van der Waals surface area contributed by atoms with Crippen molar-refractivity contribution < 1.29 is 4.79 Å². The fraction of sp³-hybridized carbons (Fsp3) is 0.400. The van der Waals surface area contributed by atoms with Crippen LogP contribution in [0, 0.1) is 5.92 Å². The molecule has 0 aliphatic rings. The largest absolute Gasteiger partial charge is 0.299 e. The van der Waals surface area contributed by atoms with Crippen LogP contribution >= 0.6 is 11.6 Å². The zero-order valence-corrected chi connectivity index (χ0v) is 8.51. The number of hydrogen-bond donors (Lipinski definition) is 0. The van der Waals surface area contributed by atoms with E-state index in [2.05, 4.69) is 4.98 Å². The minimum absolute atomic E-state index is 0.0671. The Balaban J connectivity index is 2.65. The number of rotatable bonds is 3. The van der Waals surface area contributed by atoms with Crippen molar-refractivity contribution >= 4 is 17.4 Å². The van der Waals surface area contributed by atoms with Gasteiger partial charge in [-0.15, -0.1) is 0 Å². The molecule has 0 saturated heterocycles. The molecule has 1 rings (SSSR count). The van der Waals surface area contributed by atoms with Crippen LogP contribution in [0.2, 0.25) is 5.02 Å². The van der Waals surface area contributed by atoms with Crippen molar-refractivity contribution in [2.75, 3.05) is 0 Å². The van der Waals surface area contributed by atoms with Gasteiger partial charge in [-0.3, -0.25) is 9.78 Å². The fourth-order valence-corrected chi connectivity index (χ4v) is 1.01. The molecule has 0 N–H and O–H groups in total. The summed E-state index contributed by atoms with van der Waals surface area (Å²) in [6.45, 7) is 3.77. The van der Waals surface area contributed by atoms with Gasteiger partial charge < -0.3 is 0 Å². The molecule has 0 aromatic carbocycles. The van der Waals surface area contributed by atoms with E-state index in [4.69, 9.17) is 11.6 Å². The molecule has 0 aliphatic carbocycles. The minimum Gasteiger partial charge on any atom is -0.299 e. The second-order valence-corrected chi connectivity index (χ2v) is 3.70. The van der Waals surface area contributed by atoms with Crippen LogP contribution in [0.15, 0.2) is 18.3 Å². The quantitative estimate of drug-likeness (QED) is 0.746. The molecule has 0 radical (unpaired) electrons. The van der Waals surface area contributed by atoms with Crippen LogP contribution in [-0.4, -0.2) is 10.8 Å². The molecule has 0 atom stereocenters. The summed E-state index contributed by atoms with van der Waals surface area (Å²) >= 11 is 5.66. The number of nitrogens with zero attached hydrogens (tertiary/aromatic N) is 1. The Bertz CT molecular complexity index is 292. The number of aromatic nitrogens is 1. The van der Waals surface area contributed by atoms with Crippen LogP contribution in [-0.2, 0) is 11.2 Å².